The summed E-state index contributed by atoms with van der Waals surface area (Å²) in [7, 11) is 0. The van der Waals surface area contributed by atoms with Crippen LogP contribution in [0.25, 0.3) is 0 Å². The fourth-order valence-corrected chi connectivity index (χ4v) is 1.17. The zero-order valence-electron chi connectivity index (χ0n) is 4.37. The molecule has 3 nitrogen and oxygen atoms in total. The maximum atomic E-state index is 10.5. The maximum Gasteiger partial charge on any atom is 0.230 e. The minimum absolute atomic E-state index is 0.324. The van der Waals surface area contributed by atoms with Crippen molar-refractivity contribution in [2.24, 2.45) is 0 Å². The van der Waals surface area contributed by atoms with Crippen LogP contribution in [0.3, 0.4) is 0 Å². The predicted molar refractivity (Wildman–Crippen MR) is 39.8 cm³/mol. The lowest BCUT2D eigenvalue weighted by molar-refractivity contribution is 0.109. The molecular formula is C4H4N2OS2. The number of thiol groups is 1. The lowest BCUT2D eigenvalue weighted by atomic mass is 10.4. The molecule has 0 spiro atoms. The minimum Gasteiger partial charge on any atom is -0.396 e. The van der Waals surface area contributed by atoms with E-state index >= 15 is 0 Å². The first-order chi connectivity index (χ1) is 4.22. The van der Waals surface area contributed by atoms with Crippen molar-refractivity contribution in [1.29, 1.82) is 0 Å². The van der Waals surface area contributed by atoms with E-state index in [9.17, 15) is 4.79 Å². The molecule has 0 radical (unpaired) electrons. The van der Waals surface area contributed by atoms with Gasteiger partial charge in [-0.2, -0.15) is 4.37 Å². The molecule has 0 saturated heterocycles. The molecule has 0 saturated carbocycles. The fraction of sp³-hybridized carbons (Fsp3) is 0. The molecule has 0 aliphatic carbocycles. The Hall–Kier alpha value is -0.550. The van der Waals surface area contributed by atoms with Crippen molar-refractivity contribution in [2.45, 2.75) is 0 Å². The van der Waals surface area contributed by atoms with Crippen LogP contribution in [-0.2, 0) is 0 Å². The summed E-state index contributed by atoms with van der Waals surface area (Å²) in [5.41, 5.74) is 5.72. The fourth-order valence-electron chi connectivity index (χ4n) is 0.410. The van der Waals surface area contributed by atoms with Crippen LogP contribution in [-0.4, -0.2) is 9.49 Å². The molecule has 0 aliphatic heterocycles. The molecule has 5 heteroatoms. The van der Waals surface area contributed by atoms with Crippen LogP contribution in [0.1, 0.15) is 9.67 Å². The number of carbonyl (C=O) groups is 1. The zero-order chi connectivity index (χ0) is 6.85. The Labute approximate surface area is 61.5 Å². The summed E-state index contributed by atoms with van der Waals surface area (Å²) < 4.78 is 3.69. The van der Waals surface area contributed by atoms with Gasteiger partial charge in [0.1, 0.15) is 4.88 Å². The van der Waals surface area contributed by atoms with Gasteiger partial charge in [-0.25, -0.2) is 0 Å². The number of carbonyl (C=O) groups excluding carboxylic acids is 1. The first-order valence-electron chi connectivity index (χ1n) is 2.15. The molecule has 0 fully saturated rings. The molecule has 0 aromatic carbocycles. The summed E-state index contributed by atoms with van der Waals surface area (Å²) in [6.45, 7) is 0. The van der Waals surface area contributed by atoms with E-state index in [2.05, 4.69) is 17.0 Å². The van der Waals surface area contributed by atoms with E-state index in [1.54, 1.807) is 0 Å². The van der Waals surface area contributed by atoms with E-state index in [4.69, 9.17) is 5.73 Å². The van der Waals surface area contributed by atoms with Crippen LogP contribution in [0.2, 0.25) is 0 Å². The standard InChI is InChI=1S/C4H4N2OS2/c5-2-1-6-9-3(2)4(7)8/h1H,5H2,(H,7,8). The van der Waals surface area contributed by atoms with Gasteiger partial charge in [0.25, 0.3) is 0 Å². The van der Waals surface area contributed by atoms with Crippen molar-refractivity contribution in [3.05, 3.63) is 11.1 Å². The third-order valence-electron chi connectivity index (χ3n) is 0.792. The van der Waals surface area contributed by atoms with Crippen molar-refractivity contribution >= 4 is 35.0 Å². The number of nitrogen functional groups attached to an aromatic ring is 1. The number of aromatic nitrogens is 1. The molecule has 48 valence electrons. The second-order valence-electron chi connectivity index (χ2n) is 1.42. The summed E-state index contributed by atoms with van der Waals surface area (Å²) in [4.78, 5) is 10.9. The highest BCUT2D eigenvalue weighted by Crippen LogP contribution is 2.16. The summed E-state index contributed by atoms with van der Waals surface area (Å²) in [5, 5.41) is -0.324. The number of hydrogen-bond donors (Lipinski definition) is 2. The summed E-state index contributed by atoms with van der Waals surface area (Å²) in [5.74, 6) is 0. The topological polar surface area (TPSA) is 56.0 Å². The Bertz CT molecular complexity index is 232. The van der Waals surface area contributed by atoms with Crippen molar-refractivity contribution in [2.75, 3.05) is 5.73 Å². The first kappa shape index (κ1) is 6.57. The Morgan fingerprint density at radius 2 is 2.56 bits per heavy atom. The first-order valence-corrected chi connectivity index (χ1v) is 3.37. The van der Waals surface area contributed by atoms with Crippen LogP contribution < -0.4 is 5.73 Å². The van der Waals surface area contributed by atoms with E-state index in [1.807, 2.05) is 0 Å². The van der Waals surface area contributed by atoms with Gasteiger partial charge in [-0.15, -0.1) is 0 Å². The van der Waals surface area contributed by atoms with Gasteiger partial charge >= 0.3 is 0 Å². The normalized spacial score (nSPS) is 9.44. The smallest absolute Gasteiger partial charge is 0.230 e. The summed E-state index contributed by atoms with van der Waals surface area (Å²) in [6, 6.07) is 0. The van der Waals surface area contributed by atoms with Crippen molar-refractivity contribution < 1.29 is 4.79 Å². The quantitative estimate of drug-likeness (QED) is 0.597. The number of nitrogens with zero attached hydrogens (tertiary/aromatic N) is 1. The Kier molecular flexibility index (Phi) is 1.73. The average molecular weight is 160 g/mol. The molecule has 9 heavy (non-hydrogen) atoms. The highest BCUT2D eigenvalue weighted by molar-refractivity contribution is 7.97. The van der Waals surface area contributed by atoms with E-state index in [0.29, 0.717) is 10.6 Å². The number of rotatable bonds is 1. The molecule has 1 aromatic rings. The van der Waals surface area contributed by atoms with Gasteiger partial charge in [0, 0.05) is 0 Å². The number of hydrogen-bond acceptors (Lipinski definition) is 4. The van der Waals surface area contributed by atoms with Gasteiger partial charge in [0.2, 0.25) is 5.12 Å². The SMILES string of the molecule is Nc1cnsc1C(=O)S. The lowest BCUT2D eigenvalue weighted by Crippen LogP contribution is -1.90. The highest BCUT2D eigenvalue weighted by atomic mass is 32.1. The van der Waals surface area contributed by atoms with Gasteiger partial charge in [-0.3, -0.25) is 4.79 Å². The second kappa shape index (κ2) is 2.36. The van der Waals surface area contributed by atoms with Gasteiger partial charge in [-0.05, 0) is 11.5 Å². The predicted octanol–water partition coefficient (Wildman–Crippen LogP) is 0.795. The molecule has 0 unspecified atom stereocenters. The van der Waals surface area contributed by atoms with Crippen molar-refractivity contribution in [3.8, 4) is 0 Å². The Morgan fingerprint density at radius 1 is 1.89 bits per heavy atom. The van der Waals surface area contributed by atoms with E-state index in [0.717, 1.165) is 11.5 Å². The molecule has 1 aromatic heterocycles. The van der Waals surface area contributed by atoms with Gasteiger partial charge < -0.3 is 5.73 Å². The van der Waals surface area contributed by atoms with E-state index in [1.165, 1.54) is 6.20 Å². The minimum atomic E-state index is -0.324. The molecule has 1 rings (SSSR count). The van der Waals surface area contributed by atoms with Crippen LogP contribution in [0.15, 0.2) is 6.20 Å². The van der Waals surface area contributed by atoms with Crippen molar-refractivity contribution in [3.63, 3.8) is 0 Å². The largest absolute Gasteiger partial charge is 0.396 e. The highest BCUT2D eigenvalue weighted by Gasteiger charge is 2.06. The molecule has 0 aliphatic rings. The zero-order valence-corrected chi connectivity index (χ0v) is 6.08. The average Bonchev–Trinajstić information content (AvgIpc) is 2.13. The molecule has 2 N–H and O–H groups in total. The number of anilines is 1. The molecule has 0 amide bonds. The van der Waals surface area contributed by atoms with Crippen LogP contribution in [0.4, 0.5) is 5.69 Å². The van der Waals surface area contributed by atoms with Crippen LogP contribution in [0, 0.1) is 0 Å². The molecule has 0 bridgehead atoms. The van der Waals surface area contributed by atoms with E-state index in [-0.39, 0.29) is 5.12 Å². The van der Waals surface area contributed by atoms with Crippen LogP contribution in [0.5, 0.6) is 0 Å². The molecule has 1 heterocycles. The van der Waals surface area contributed by atoms with Crippen LogP contribution >= 0.6 is 24.2 Å². The monoisotopic (exact) mass is 160 g/mol. The Morgan fingerprint density at radius 3 is 2.78 bits per heavy atom. The van der Waals surface area contributed by atoms with E-state index < -0.39 is 0 Å². The maximum absolute atomic E-state index is 10.5. The Balaban J connectivity index is 3.08. The van der Waals surface area contributed by atoms with Gasteiger partial charge in [-0.1, -0.05) is 12.6 Å². The summed E-state index contributed by atoms with van der Waals surface area (Å²) in [6.07, 6.45) is 1.44. The van der Waals surface area contributed by atoms with Crippen molar-refractivity contribution in [1.82, 2.24) is 4.37 Å². The van der Waals surface area contributed by atoms with Gasteiger partial charge in [0.15, 0.2) is 0 Å². The molecular weight excluding hydrogens is 156 g/mol. The number of nitrogens with two attached hydrogens (primary N) is 1. The third-order valence-corrected chi connectivity index (χ3v) is 1.98. The summed E-state index contributed by atoms with van der Waals surface area (Å²) >= 11 is 4.63. The molecule has 0 atom stereocenters. The third kappa shape index (κ3) is 1.22. The van der Waals surface area contributed by atoms with Gasteiger partial charge in [0.05, 0.1) is 11.9 Å². The second-order valence-corrected chi connectivity index (χ2v) is 2.62. The lowest BCUT2D eigenvalue weighted by Gasteiger charge is -1.84.